The lowest BCUT2D eigenvalue weighted by atomic mass is 10.2. The van der Waals surface area contributed by atoms with E-state index in [1.54, 1.807) is 31.2 Å². The SMILES string of the molecule is CCc1ccccc1S(=O)(=O)N[C@H](C)c1ncccc1F. The molecule has 0 unspecified atom stereocenters. The lowest BCUT2D eigenvalue weighted by molar-refractivity contribution is 0.539. The van der Waals surface area contributed by atoms with Crippen LogP contribution >= 0.6 is 0 Å². The van der Waals surface area contributed by atoms with Gasteiger partial charge in [-0.2, -0.15) is 0 Å². The quantitative estimate of drug-likeness (QED) is 0.924. The standard InChI is InChI=1S/C15H17FN2O2S/c1-3-12-7-4-5-9-14(12)21(19,20)18-11(2)15-13(16)8-6-10-17-15/h4-11,18H,3H2,1-2H3/t11-/m1/s1. The molecule has 0 aliphatic rings. The second-order valence-corrected chi connectivity index (χ2v) is 6.36. The Morgan fingerprint density at radius 2 is 1.95 bits per heavy atom. The Hall–Kier alpha value is -1.79. The molecule has 1 aromatic heterocycles. The van der Waals surface area contributed by atoms with Crippen LogP contribution in [0.4, 0.5) is 4.39 Å². The first-order chi connectivity index (χ1) is 9.95. The van der Waals surface area contributed by atoms with Crippen LogP contribution in [0.5, 0.6) is 0 Å². The van der Waals surface area contributed by atoms with Crippen molar-refractivity contribution < 1.29 is 12.8 Å². The Morgan fingerprint density at radius 1 is 1.24 bits per heavy atom. The van der Waals surface area contributed by atoms with Gasteiger partial charge in [0, 0.05) is 6.20 Å². The van der Waals surface area contributed by atoms with E-state index in [9.17, 15) is 12.8 Å². The highest BCUT2D eigenvalue weighted by Crippen LogP contribution is 2.20. The van der Waals surface area contributed by atoms with E-state index in [1.165, 1.54) is 18.3 Å². The first-order valence-corrected chi connectivity index (χ1v) is 8.14. The van der Waals surface area contributed by atoms with Gasteiger partial charge in [0.2, 0.25) is 10.0 Å². The van der Waals surface area contributed by atoms with E-state index in [1.807, 2.05) is 6.92 Å². The molecule has 2 rings (SSSR count). The summed E-state index contributed by atoms with van der Waals surface area (Å²) < 4.78 is 41.0. The molecule has 0 fully saturated rings. The summed E-state index contributed by atoms with van der Waals surface area (Å²) >= 11 is 0. The molecule has 0 radical (unpaired) electrons. The molecule has 1 atom stereocenters. The molecule has 21 heavy (non-hydrogen) atoms. The highest BCUT2D eigenvalue weighted by atomic mass is 32.2. The molecule has 0 amide bonds. The Kier molecular flexibility index (Phi) is 4.69. The molecule has 6 heteroatoms. The van der Waals surface area contributed by atoms with Crippen molar-refractivity contribution in [3.8, 4) is 0 Å². The fraction of sp³-hybridized carbons (Fsp3) is 0.267. The van der Waals surface area contributed by atoms with Gasteiger partial charge in [0.05, 0.1) is 16.6 Å². The van der Waals surface area contributed by atoms with Crippen molar-refractivity contribution in [2.45, 2.75) is 31.2 Å². The molecule has 0 saturated heterocycles. The molecule has 0 aliphatic heterocycles. The number of nitrogens with zero attached hydrogens (tertiary/aromatic N) is 1. The molecule has 2 aromatic rings. The zero-order chi connectivity index (χ0) is 15.5. The molecule has 4 nitrogen and oxygen atoms in total. The molecular weight excluding hydrogens is 291 g/mol. The van der Waals surface area contributed by atoms with Gasteiger partial charge in [-0.3, -0.25) is 4.98 Å². The number of aromatic nitrogens is 1. The largest absolute Gasteiger partial charge is 0.257 e. The predicted octanol–water partition coefficient (Wildman–Crippen LogP) is 2.82. The topological polar surface area (TPSA) is 59.1 Å². The molecule has 0 bridgehead atoms. The Labute approximate surface area is 124 Å². The number of rotatable bonds is 5. The van der Waals surface area contributed by atoms with E-state index >= 15 is 0 Å². The van der Waals surface area contributed by atoms with Crippen molar-refractivity contribution in [3.63, 3.8) is 0 Å². The van der Waals surface area contributed by atoms with Crippen molar-refractivity contribution in [2.24, 2.45) is 0 Å². The number of pyridine rings is 1. The van der Waals surface area contributed by atoms with Crippen LogP contribution in [0.15, 0.2) is 47.5 Å². The number of benzene rings is 1. The van der Waals surface area contributed by atoms with Gasteiger partial charge in [0.1, 0.15) is 5.82 Å². The maximum absolute atomic E-state index is 13.7. The first-order valence-electron chi connectivity index (χ1n) is 6.66. The van der Waals surface area contributed by atoms with E-state index in [-0.39, 0.29) is 10.6 Å². The zero-order valence-electron chi connectivity index (χ0n) is 11.9. The number of hydrogen-bond donors (Lipinski definition) is 1. The highest BCUT2D eigenvalue weighted by Gasteiger charge is 2.22. The van der Waals surface area contributed by atoms with Crippen LogP contribution in [0.1, 0.15) is 31.1 Å². The van der Waals surface area contributed by atoms with Gasteiger partial charge in [0.25, 0.3) is 0 Å². The summed E-state index contributed by atoms with van der Waals surface area (Å²) in [6, 6.07) is 8.74. The third-order valence-electron chi connectivity index (χ3n) is 3.17. The minimum Gasteiger partial charge on any atom is -0.257 e. The van der Waals surface area contributed by atoms with Crippen LogP contribution in [0.3, 0.4) is 0 Å². The van der Waals surface area contributed by atoms with Crippen LogP contribution in [0, 0.1) is 5.82 Å². The van der Waals surface area contributed by atoms with E-state index in [0.717, 1.165) is 5.56 Å². The average Bonchev–Trinajstić information content (AvgIpc) is 2.47. The van der Waals surface area contributed by atoms with E-state index in [2.05, 4.69) is 9.71 Å². The average molecular weight is 308 g/mol. The maximum Gasteiger partial charge on any atom is 0.241 e. The third kappa shape index (κ3) is 3.46. The number of hydrogen-bond acceptors (Lipinski definition) is 3. The van der Waals surface area contributed by atoms with E-state index < -0.39 is 21.9 Å². The smallest absolute Gasteiger partial charge is 0.241 e. The van der Waals surface area contributed by atoms with Gasteiger partial charge in [-0.05, 0) is 37.1 Å². The number of halogens is 1. The lowest BCUT2D eigenvalue weighted by Gasteiger charge is -2.16. The highest BCUT2D eigenvalue weighted by molar-refractivity contribution is 7.89. The minimum absolute atomic E-state index is 0.0788. The summed E-state index contributed by atoms with van der Waals surface area (Å²) in [5, 5.41) is 0. The second kappa shape index (κ2) is 6.32. The molecular formula is C15H17FN2O2S. The van der Waals surface area contributed by atoms with Crippen LogP contribution < -0.4 is 4.72 Å². The number of nitrogens with one attached hydrogen (secondary N) is 1. The van der Waals surface area contributed by atoms with Crippen molar-refractivity contribution in [2.75, 3.05) is 0 Å². The lowest BCUT2D eigenvalue weighted by Crippen LogP contribution is -2.28. The maximum atomic E-state index is 13.7. The predicted molar refractivity (Wildman–Crippen MR) is 78.8 cm³/mol. The van der Waals surface area contributed by atoms with E-state index in [4.69, 9.17) is 0 Å². The van der Waals surface area contributed by atoms with Gasteiger partial charge < -0.3 is 0 Å². The molecule has 1 heterocycles. The molecule has 1 N–H and O–H groups in total. The molecule has 112 valence electrons. The summed E-state index contributed by atoms with van der Waals surface area (Å²) in [6.07, 6.45) is 2.03. The normalized spacial score (nSPS) is 13.1. The fourth-order valence-electron chi connectivity index (χ4n) is 2.13. The number of aryl methyl sites for hydroxylation is 1. The van der Waals surface area contributed by atoms with Crippen molar-refractivity contribution in [1.29, 1.82) is 0 Å². The van der Waals surface area contributed by atoms with Crippen LogP contribution in [0.25, 0.3) is 0 Å². The van der Waals surface area contributed by atoms with Crippen LogP contribution in [-0.4, -0.2) is 13.4 Å². The third-order valence-corrected chi connectivity index (χ3v) is 4.81. The monoisotopic (exact) mass is 308 g/mol. The van der Waals surface area contributed by atoms with Gasteiger partial charge in [-0.25, -0.2) is 17.5 Å². The summed E-state index contributed by atoms with van der Waals surface area (Å²) in [5.74, 6) is -0.531. The Morgan fingerprint density at radius 3 is 2.62 bits per heavy atom. The first kappa shape index (κ1) is 15.6. The molecule has 0 spiro atoms. The summed E-state index contributed by atoms with van der Waals surface area (Å²) in [4.78, 5) is 4.11. The molecule has 0 aliphatic carbocycles. The van der Waals surface area contributed by atoms with Gasteiger partial charge >= 0.3 is 0 Å². The summed E-state index contributed by atoms with van der Waals surface area (Å²) in [5.41, 5.74) is 0.800. The minimum atomic E-state index is -3.72. The van der Waals surface area contributed by atoms with Gasteiger partial charge in [-0.15, -0.1) is 0 Å². The molecule has 1 aromatic carbocycles. The molecule has 0 saturated carbocycles. The van der Waals surface area contributed by atoms with Crippen LogP contribution in [-0.2, 0) is 16.4 Å². The Balaban J connectivity index is 2.32. The fourth-order valence-corrected chi connectivity index (χ4v) is 3.65. The summed E-state index contributed by atoms with van der Waals surface area (Å²) in [7, 11) is -3.72. The Bertz CT molecular complexity index is 732. The van der Waals surface area contributed by atoms with Gasteiger partial charge in [0.15, 0.2) is 0 Å². The zero-order valence-corrected chi connectivity index (χ0v) is 12.7. The van der Waals surface area contributed by atoms with Gasteiger partial charge in [-0.1, -0.05) is 25.1 Å². The second-order valence-electron chi connectivity index (χ2n) is 4.67. The van der Waals surface area contributed by atoms with Crippen molar-refractivity contribution >= 4 is 10.0 Å². The van der Waals surface area contributed by atoms with Crippen molar-refractivity contribution in [3.05, 3.63) is 59.7 Å². The summed E-state index contributed by atoms with van der Waals surface area (Å²) in [6.45, 7) is 3.45. The van der Waals surface area contributed by atoms with Crippen LogP contribution in [0.2, 0.25) is 0 Å². The van der Waals surface area contributed by atoms with Crippen molar-refractivity contribution in [1.82, 2.24) is 9.71 Å². The number of sulfonamides is 1. The van der Waals surface area contributed by atoms with E-state index in [0.29, 0.717) is 6.42 Å².